The molecule has 0 aliphatic rings. The van der Waals surface area contributed by atoms with Crippen molar-refractivity contribution in [2.24, 2.45) is 0 Å². The Balaban J connectivity index is 2.53. The fraction of sp³-hybridized carbons (Fsp3) is 0.250. The molecule has 1 N–H and O–H groups in total. The molecular formula is C12H13BrClNO2. The average Bonchev–Trinajstić information content (AvgIpc) is 2.30. The molecule has 1 aromatic carbocycles. The first kappa shape index (κ1) is 14.1. The number of rotatable bonds is 5. The highest BCUT2D eigenvalue weighted by Gasteiger charge is 2.07. The zero-order valence-corrected chi connectivity index (χ0v) is 11.8. The van der Waals surface area contributed by atoms with Gasteiger partial charge in [0.15, 0.2) is 0 Å². The van der Waals surface area contributed by atoms with Gasteiger partial charge in [0, 0.05) is 22.3 Å². The van der Waals surface area contributed by atoms with E-state index in [1.165, 1.54) is 0 Å². The molecule has 0 aliphatic heterocycles. The Morgan fingerprint density at radius 2 is 2.29 bits per heavy atom. The van der Waals surface area contributed by atoms with Gasteiger partial charge in [-0.2, -0.15) is 0 Å². The van der Waals surface area contributed by atoms with E-state index in [9.17, 15) is 4.79 Å². The summed E-state index contributed by atoms with van der Waals surface area (Å²) in [5, 5.41) is 3.70. The van der Waals surface area contributed by atoms with Crippen molar-refractivity contribution in [3.63, 3.8) is 0 Å². The van der Waals surface area contributed by atoms with Crippen LogP contribution in [-0.4, -0.2) is 19.1 Å². The van der Waals surface area contributed by atoms with Crippen molar-refractivity contribution >= 4 is 39.2 Å². The van der Waals surface area contributed by atoms with Crippen LogP contribution in [-0.2, 0) is 9.53 Å². The molecule has 0 heterocycles. The summed E-state index contributed by atoms with van der Waals surface area (Å²) in [5.74, 6) is -0.381. The molecular weight excluding hydrogens is 305 g/mol. The molecule has 3 nitrogen and oxygen atoms in total. The Kier molecular flexibility index (Phi) is 5.51. The lowest BCUT2D eigenvalue weighted by Crippen LogP contribution is -2.14. The van der Waals surface area contributed by atoms with E-state index in [-0.39, 0.29) is 5.97 Å². The maximum atomic E-state index is 11.3. The lowest BCUT2D eigenvalue weighted by atomic mass is 10.2. The number of nitrogens with one attached hydrogen (secondary N) is 1. The molecule has 0 saturated carbocycles. The van der Waals surface area contributed by atoms with Crippen molar-refractivity contribution < 1.29 is 9.53 Å². The van der Waals surface area contributed by atoms with Gasteiger partial charge in [0.1, 0.15) is 0 Å². The van der Waals surface area contributed by atoms with Crippen LogP contribution in [0.1, 0.15) is 6.92 Å². The molecule has 17 heavy (non-hydrogen) atoms. The number of hydrogen-bond acceptors (Lipinski definition) is 3. The number of anilines is 1. The molecule has 0 bridgehead atoms. The standard InChI is InChI=1S/C12H13BrClNO2/c1-3-17-12(16)8(2)7-15-9-4-5-11(14)10(13)6-9/h4-6,15H,2-3,7H2,1H3. The molecule has 0 spiro atoms. The minimum absolute atomic E-state index is 0.340. The number of carbonyl (C=O) groups excluding carboxylic acids is 1. The Labute approximate surface area is 114 Å². The van der Waals surface area contributed by atoms with Crippen molar-refractivity contribution in [2.45, 2.75) is 6.92 Å². The molecule has 0 aliphatic carbocycles. The Morgan fingerprint density at radius 1 is 1.59 bits per heavy atom. The molecule has 5 heteroatoms. The van der Waals surface area contributed by atoms with Crippen LogP contribution >= 0.6 is 27.5 Å². The van der Waals surface area contributed by atoms with E-state index in [1.54, 1.807) is 13.0 Å². The Morgan fingerprint density at radius 3 is 2.88 bits per heavy atom. The Bertz CT molecular complexity index is 435. The third-order valence-electron chi connectivity index (χ3n) is 1.99. The zero-order valence-electron chi connectivity index (χ0n) is 9.43. The predicted molar refractivity (Wildman–Crippen MR) is 73.4 cm³/mol. The van der Waals surface area contributed by atoms with E-state index < -0.39 is 0 Å². The van der Waals surface area contributed by atoms with E-state index >= 15 is 0 Å². The van der Waals surface area contributed by atoms with Crippen LogP contribution in [0.2, 0.25) is 5.02 Å². The highest BCUT2D eigenvalue weighted by atomic mass is 79.9. The summed E-state index contributed by atoms with van der Waals surface area (Å²) in [6.45, 7) is 6.10. The van der Waals surface area contributed by atoms with Gasteiger partial charge in [0.2, 0.25) is 0 Å². The van der Waals surface area contributed by atoms with Gasteiger partial charge in [0.25, 0.3) is 0 Å². The number of esters is 1. The van der Waals surface area contributed by atoms with Crippen molar-refractivity contribution in [1.29, 1.82) is 0 Å². The number of ether oxygens (including phenoxy) is 1. The molecule has 92 valence electrons. The monoisotopic (exact) mass is 317 g/mol. The van der Waals surface area contributed by atoms with Crippen molar-refractivity contribution in [1.82, 2.24) is 0 Å². The van der Waals surface area contributed by atoms with Crippen LogP contribution in [0.15, 0.2) is 34.8 Å². The quantitative estimate of drug-likeness (QED) is 0.665. The first-order valence-electron chi connectivity index (χ1n) is 5.08. The van der Waals surface area contributed by atoms with Gasteiger partial charge in [0.05, 0.1) is 11.6 Å². The third-order valence-corrected chi connectivity index (χ3v) is 3.20. The van der Waals surface area contributed by atoms with Gasteiger partial charge >= 0.3 is 5.97 Å². The normalized spacial score (nSPS) is 9.82. The summed E-state index contributed by atoms with van der Waals surface area (Å²) in [7, 11) is 0. The predicted octanol–water partition coefficient (Wildman–Crippen LogP) is 3.63. The van der Waals surface area contributed by atoms with Crippen LogP contribution in [0, 0.1) is 0 Å². The van der Waals surface area contributed by atoms with Crippen molar-refractivity contribution in [3.05, 3.63) is 39.8 Å². The summed E-state index contributed by atoms with van der Waals surface area (Å²) in [5.41, 5.74) is 1.24. The smallest absolute Gasteiger partial charge is 0.335 e. The first-order valence-corrected chi connectivity index (χ1v) is 6.25. The highest BCUT2D eigenvalue weighted by Crippen LogP contribution is 2.25. The lowest BCUT2D eigenvalue weighted by Gasteiger charge is -2.09. The van der Waals surface area contributed by atoms with Crippen LogP contribution in [0.3, 0.4) is 0 Å². The molecule has 1 rings (SSSR count). The molecule has 0 saturated heterocycles. The largest absolute Gasteiger partial charge is 0.463 e. The second-order valence-electron chi connectivity index (χ2n) is 3.31. The summed E-state index contributed by atoms with van der Waals surface area (Å²) >= 11 is 9.19. The van der Waals surface area contributed by atoms with Crippen LogP contribution in [0.4, 0.5) is 5.69 Å². The summed E-state index contributed by atoms with van der Waals surface area (Å²) in [6, 6.07) is 5.42. The molecule has 0 fully saturated rings. The van der Waals surface area contributed by atoms with Crippen LogP contribution in [0.25, 0.3) is 0 Å². The van der Waals surface area contributed by atoms with E-state index in [1.807, 2.05) is 12.1 Å². The van der Waals surface area contributed by atoms with E-state index in [0.29, 0.717) is 23.7 Å². The molecule has 1 aromatic rings. The van der Waals surface area contributed by atoms with E-state index in [4.69, 9.17) is 16.3 Å². The van der Waals surface area contributed by atoms with Gasteiger partial charge in [-0.1, -0.05) is 18.2 Å². The van der Waals surface area contributed by atoms with Crippen LogP contribution in [0.5, 0.6) is 0 Å². The van der Waals surface area contributed by atoms with Crippen LogP contribution < -0.4 is 5.32 Å². The summed E-state index contributed by atoms with van der Waals surface area (Å²) in [6.07, 6.45) is 0. The van der Waals surface area contributed by atoms with Crippen molar-refractivity contribution in [2.75, 3.05) is 18.5 Å². The minimum Gasteiger partial charge on any atom is -0.463 e. The fourth-order valence-electron chi connectivity index (χ4n) is 1.12. The SMILES string of the molecule is C=C(CNc1ccc(Cl)c(Br)c1)C(=O)OCC. The van der Waals surface area contributed by atoms with E-state index in [0.717, 1.165) is 10.2 Å². The summed E-state index contributed by atoms with van der Waals surface area (Å²) in [4.78, 5) is 11.3. The number of carbonyl (C=O) groups is 1. The number of benzene rings is 1. The lowest BCUT2D eigenvalue weighted by molar-refractivity contribution is -0.138. The van der Waals surface area contributed by atoms with Gasteiger partial charge in [-0.3, -0.25) is 0 Å². The second-order valence-corrected chi connectivity index (χ2v) is 4.57. The zero-order chi connectivity index (χ0) is 12.8. The molecule has 0 atom stereocenters. The number of hydrogen-bond donors (Lipinski definition) is 1. The fourth-order valence-corrected chi connectivity index (χ4v) is 1.62. The van der Waals surface area contributed by atoms with E-state index in [2.05, 4.69) is 27.8 Å². The average molecular weight is 319 g/mol. The van der Waals surface area contributed by atoms with Gasteiger partial charge in [-0.15, -0.1) is 0 Å². The molecule has 0 aromatic heterocycles. The second kappa shape index (κ2) is 6.67. The van der Waals surface area contributed by atoms with Gasteiger partial charge in [-0.05, 0) is 41.1 Å². The Hall–Kier alpha value is -1.00. The molecule has 0 amide bonds. The maximum Gasteiger partial charge on any atom is 0.335 e. The molecule has 0 unspecified atom stereocenters. The topological polar surface area (TPSA) is 38.3 Å². The molecule has 0 radical (unpaired) electrons. The van der Waals surface area contributed by atoms with Gasteiger partial charge in [-0.25, -0.2) is 4.79 Å². The minimum atomic E-state index is -0.381. The number of halogens is 2. The maximum absolute atomic E-state index is 11.3. The first-order chi connectivity index (χ1) is 8.04. The third kappa shape index (κ3) is 4.40. The van der Waals surface area contributed by atoms with Crippen molar-refractivity contribution in [3.8, 4) is 0 Å². The summed E-state index contributed by atoms with van der Waals surface area (Å²) < 4.78 is 5.62. The highest BCUT2D eigenvalue weighted by molar-refractivity contribution is 9.10. The van der Waals surface area contributed by atoms with Gasteiger partial charge < -0.3 is 10.1 Å².